The van der Waals surface area contributed by atoms with Crippen molar-refractivity contribution in [1.29, 1.82) is 0 Å². The highest BCUT2D eigenvalue weighted by atomic mass is 35.5. The van der Waals surface area contributed by atoms with Gasteiger partial charge in [0.25, 0.3) is 11.2 Å². The van der Waals surface area contributed by atoms with Crippen molar-refractivity contribution in [2.75, 3.05) is 5.32 Å². The lowest BCUT2D eigenvalue weighted by Gasteiger charge is -2.22. The molecule has 3 rings (SSSR count). The van der Waals surface area contributed by atoms with E-state index in [1.807, 2.05) is 30.3 Å². The summed E-state index contributed by atoms with van der Waals surface area (Å²) in [5.74, 6) is 0. The van der Waals surface area contributed by atoms with Crippen LogP contribution in [0.3, 0.4) is 0 Å². The third-order valence-electron chi connectivity index (χ3n) is 4.47. The molecule has 8 nitrogen and oxygen atoms in total. The normalized spacial score (nSPS) is 12.9. The fraction of sp³-hybridized carbons (Fsp3) is 0.200. The number of nitrogens with zero attached hydrogens (tertiary/aromatic N) is 3. The molecule has 29 heavy (non-hydrogen) atoms. The van der Waals surface area contributed by atoms with Gasteiger partial charge in [-0.15, -0.1) is 0 Å². The van der Waals surface area contributed by atoms with Crippen LogP contribution in [0.25, 0.3) is 5.69 Å². The molecule has 2 unspecified atom stereocenters. The number of aliphatic hydroxyl groups is 1. The molecule has 0 aliphatic carbocycles. The summed E-state index contributed by atoms with van der Waals surface area (Å²) in [5, 5.41) is 28.2. The number of nitro groups is 1. The van der Waals surface area contributed by atoms with Gasteiger partial charge in [0.1, 0.15) is 5.02 Å². The maximum Gasteiger partial charge on any atom is 0.292 e. The van der Waals surface area contributed by atoms with Crippen LogP contribution < -0.4 is 10.9 Å². The molecule has 1 aromatic heterocycles. The number of non-ortho nitro benzene ring substituents is 1. The highest BCUT2D eigenvalue weighted by Gasteiger charge is 2.18. The van der Waals surface area contributed by atoms with Gasteiger partial charge in [0, 0.05) is 24.6 Å². The summed E-state index contributed by atoms with van der Waals surface area (Å²) < 4.78 is 1.06. The van der Waals surface area contributed by atoms with Crippen LogP contribution in [0.1, 0.15) is 12.5 Å². The summed E-state index contributed by atoms with van der Waals surface area (Å²) in [4.78, 5) is 22.8. The number of halogens is 1. The lowest BCUT2D eigenvalue weighted by atomic mass is 10.0. The van der Waals surface area contributed by atoms with Crippen LogP contribution >= 0.6 is 11.6 Å². The summed E-state index contributed by atoms with van der Waals surface area (Å²) >= 11 is 6.21. The van der Waals surface area contributed by atoms with E-state index in [4.69, 9.17) is 11.6 Å². The van der Waals surface area contributed by atoms with Gasteiger partial charge in [-0.05, 0) is 24.6 Å². The number of benzene rings is 2. The minimum atomic E-state index is -0.703. The van der Waals surface area contributed by atoms with Crippen LogP contribution in [0.2, 0.25) is 5.02 Å². The fourth-order valence-electron chi connectivity index (χ4n) is 2.81. The molecule has 0 radical (unpaired) electrons. The van der Waals surface area contributed by atoms with Crippen molar-refractivity contribution in [3.05, 3.63) is 91.8 Å². The predicted molar refractivity (Wildman–Crippen MR) is 111 cm³/mol. The summed E-state index contributed by atoms with van der Waals surface area (Å²) in [5.41, 5.74) is 0.981. The third kappa shape index (κ3) is 4.79. The SMILES string of the molecule is CC(Nc1cnn(-c2ccc([N+](=O)[O-])cc2)c(=O)c1Cl)C(O)Cc1ccccc1. The Morgan fingerprint density at radius 2 is 1.86 bits per heavy atom. The topological polar surface area (TPSA) is 110 Å². The second-order valence-electron chi connectivity index (χ2n) is 6.55. The number of aliphatic hydroxyl groups excluding tert-OH is 1. The van der Waals surface area contributed by atoms with E-state index >= 15 is 0 Å². The second kappa shape index (κ2) is 8.85. The van der Waals surface area contributed by atoms with Crippen molar-refractivity contribution in [1.82, 2.24) is 9.78 Å². The minimum Gasteiger partial charge on any atom is -0.391 e. The lowest BCUT2D eigenvalue weighted by molar-refractivity contribution is -0.384. The first-order chi connectivity index (χ1) is 13.9. The average molecular weight is 415 g/mol. The van der Waals surface area contributed by atoms with Crippen molar-refractivity contribution in [2.24, 2.45) is 0 Å². The van der Waals surface area contributed by atoms with Gasteiger partial charge in [-0.25, -0.2) is 0 Å². The Bertz CT molecular complexity index is 1050. The molecule has 150 valence electrons. The minimum absolute atomic E-state index is 0.0860. The highest BCUT2D eigenvalue weighted by Crippen LogP contribution is 2.20. The van der Waals surface area contributed by atoms with Crippen molar-refractivity contribution in [3.8, 4) is 5.69 Å². The number of nitrogens with one attached hydrogen (secondary N) is 1. The van der Waals surface area contributed by atoms with Crippen molar-refractivity contribution < 1.29 is 10.0 Å². The lowest BCUT2D eigenvalue weighted by Crippen LogP contribution is -2.33. The fourth-order valence-corrected chi connectivity index (χ4v) is 2.99. The molecule has 0 saturated heterocycles. The summed E-state index contributed by atoms with van der Waals surface area (Å²) in [7, 11) is 0. The Balaban J connectivity index is 1.76. The number of rotatable bonds is 7. The van der Waals surface area contributed by atoms with Gasteiger partial charge in [-0.1, -0.05) is 41.9 Å². The molecule has 9 heteroatoms. The number of aromatic nitrogens is 2. The standard InChI is InChI=1S/C20H19ClN4O4/c1-13(18(26)11-14-5-3-2-4-6-14)23-17-12-22-24(20(27)19(17)21)15-7-9-16(10-8-15)25(28)29/h2-10,12-13,18,23,26H,11H2,1H3. The molecule has 3 aromatic rings. The first-order valence-electron chi connectivity index (χ1n) is 8.88. The van der Waals surface area contributed by atoms with Gasteiger partial charge in [-0.3, -0.25) is 14.9 Å². The van der Waals surface area contributed by atoms with Crippen LogP contribution in [0.15, 0.2) is 65.6 Å². The van der Waals surface area contributed by atoms with Crippen LogP contribution in [0.4, 0.5) is 11.4 Å². The van der Waals surface area contributed by atoms with E-state index in [2.05, 4.69) is 10.4 Å². The maximum atomic E-state index is 12.6. The van der Waals surface area contributed by atoms with Crippen molar-refractivity contribution in [3.63, 3.8) is 0 Å². The molecule has 0 aliphatic rings. The van der Waals surface area contributed by atoms with E-state index in [0.29, 0.717) is 17.8 Å². The Morgan fingerprint density at radius 1 is 1.21 bits per heavy atom. The van der Waals surface area contributed by atoms with Gasteiger partial charge in [-0.2, -0.15) is 9.78 Å². The van der Waals surface area contributed by atoms with E-state index in [0.717, 1.165) is 10.2 Å². The zero-order valence-corrected chi connectivity index (χ0v) is 16.3. The van der Waals surface area contributed by atoms with Crippen LogP contribution in [-0.4, -0.2) is 32.0 Å². The third-order valence-corrected chi connectivity index (χ3v) is 4.84. The Kier molecular flexibility index (Phi) is 6.26. The molecule has 0 saturated carbocycles. The molecule has 2 aromatic carbocycles. The quantitative estimate of drug-likeness (QED) is 0.453. The van der Waals surface area contributed by atoms with E-state index in [1.54, 1.807) is 6.92 Å². The number of anilines is 1. The molecule has 1 heterocycles. The molecule has 2 atom stereocenters. The maximum absolute atomic E-state index is 12.6. The molecular formula is C20H19ClN4O4. The summed E-state index contributed by atoms with van der Waals surface area (Å²) in [6.07, 6.45) is 1.13. The molecule has 0 spiro atoms. The Morgan fingerprint density at radius 3 is 2.48 bits per heavy atom. The first kappa shape index (κ1) is 20.5. The number of nitro benzene ring substituents is 1. The Hall–Kier alpha value is -3.23. The zero-order valence-electron chi connectivity index (χ0n) is 15.5. The smallest absolute Gasteiger partial charge is 0.292 e. The Labute approximate surface area is 171 Å². The summed E-state index contributed by atoms with van der Waals surface area (Å²) in [6, 6.07) is 14.6. The molecule has 0 amide bonds. The van der Waals surface area contributed by atoms with E-state index in [-0.39, 0.29) is 16.8 Å². The highest BCUT2D eigenvalue weighted by molar-refractivity contribution is 6.33. The van der Waals surface area contributed by atoms with Gasteiger partial charge in [0.2, 0.25) is 0 Å². The van der Waals surface area contributed by atoms with Crippen LogP contribution in [0.5, 0.6) is 0 Å². The molecular weight excluding hydrogens is 396 g/mol. The number of hydrogen-bond donors (Lipinski definition) is 2. The van der Waals surface area contributed by atoms with Gasteiger partial charge in [0.15, 0.2) is 0 Å². The van der Waals surface area contributed by atoms with E-state index in [9.17, 15) is 20.0 Å². The van der Waals surface area contributed by atoms with Crippen molar-refractivity contribution in [2.45, 2.75) is 25.5 Å². The average Bonchev–Trinajstić information content (AvgIpc) is 2.72. The largest absolute Gasteiger partial charge is 0.391 e. The van der Waals surface area contributed by atoms with Crippen molar-refractivity contribution >= 4 is 23.0 Å². The van der Waals surface area contributed by atoms with Crippen LogP contribution in [-0.2, 0) is 6.42 Å². The molecule has 0 fully saturated rings. The molecule has 2 N–H and O–H groups in total. The second-order valence-corrected chi connectivity index (χ2v) is 6.93. The predicted octanol–water partition coefficient (Wildman–Crippen LogP) is 3.20. The van der Waals surface area contributed by atoms with Gasteiger partial charge >= 0.3 is 0 Å². The zero-order chi connectivity index (χ0) is 21.0. The monoisotopic (exact) mass is 414 g/mol. The molecule has 0 bridgehead atoms. The summed E-state index contributed by atoms with van der Waals surface area (Å²) in [6.45, 7) is 1.78. The van der Waals surface area contributed by atoms with Gasteiger partial charge in [0.05, 0.1) is 28.6 Å². The van der Waals surface area contributed by atoms with Crippen LogP contribution in [0, 0.1) is 10.1 Å². The van der Waals surface area contributed by atoms with Gasteiger partial charge < -0.3 is 10.4 Å². The number of hydrogen-bond acceptors (Lipinski definition) is 6. The van der Waals surface area contributed by atoms with E-state index < -0.39 is 16.6 Å². The first-order valence-corrected chi connectivity index (χ1v) is 9.26. The molecule has 0 aliphatic heterocycles. The van der Waals surface area contributed by atoms with E-state index in [1.165, 1.54) is 30.5 Å².